The Morgan fingerprint density at radius 2 is 2.29 bits per heavy atom. The molecule has 1 saturated heterocycles. The van der Waals surface area contributed by atoms with Gasteiger partial charge in [-0.05, 0) is 26.2 Å². The van der Waals surface area contributed by atoms with Crippen LogP contribution in [0.3, 0.4) is 0 Å². The van der Waals surface area contributed by atoms with Gasteiger partial charge in [0, 0.05) is 19.6 Å². The van der Waals surface area contributed by atoms with Gasteiger partial charge in [0.25, 0.3) is 0 Å². The molecule has 0 aliphatic carbocycles. The molecule has 0 aromatic carbocycles. The molecule has 1 aliphatic rings. The van der Waals surface area contributed by atoms with Crippen molar-refractivity contribution in [2.45, 2.75) is 45.3 Å². The van der Waals surface area contributed by atoms with Crippen molar-refractivity contribution in [3.8, 4) is 0 Å². The minimum absolute atomic E-state index is 0.0604. The number of hydrogen-bond donors (Lipinski definition) is 0. The molecule has 0 spiro atoms. The SMILES string of the molecule is COCCC(C)C(=O)C1CCC(C)O1. The Kier molecular flexibility index (Phi) is 4.55. The third-order valence-corrected chi connectivity index (χ3v) is 2.79. The van der Waals surface area contributed by atoms with E-state index < -0.39 is 0 Å². The lowest BCUT2D eigenvalue weighted by atomic mass is 9.97. The largest absolute Gasteiger partial charge is 0.385 e. The monoisotopic (exact) mass is 200 g/mol. The van der Waals surface area contributed by atoms with Gasteiger partial charge in [-0.15, -0.1) is 0 Å². The van der Waals surface area contributed by atoms with Gasteiger partial charge in [0.1, 0.15) is 6.10 Å². The molecule has 1 aliphatic heterocycles. The molecule has 3 atom stereocenters. The van der Waals surface area contributed by atoms with Crippen LogP contribution in [-0.4, -0.2) is 31.7 Å². The van der Waals surface area contributed by atoms with Gasteiger partial charge in [0.2, 0.25) is 0 Å². The Bertz CT molecular complexity index is 191. The van der Waals surface area contributed by atoms with E-state index in [4.69, 9.17) is 9.47 Å². The predicted octanol–water partition coefficient (Wildman–Crippen LogP) is 1.80. The molecule has 0 saturated carbocycles. The molecular weight excluding hydrogens is 180 g/mol. The Labute approximate surface area is 85.8 Å². The van der Waals surface area contributed by atoms with Crippen LogP contribution in [0.2, 0.25) is 0 Å². The zero-order chi connectivity index (χ0) is 10.6. The normalized spacial score (nSPS) is 29.1. The summed E-state index contributed by atoms with van der Waals surface area (Å²) < 4.78 is 10.5. The molecule has 82 valence electrons. The average molecular weight is 200 g/mol. The summed E-state index contributed by atoms with van der Waals surface area (Å²) in [7, 11) is 1.66. The fourth-order valence-electron chi connectivity index (χ4n) is 1.77. The fourth-order valence-corrected chi connectivity index (χ4v) is 1.77. The zero-order valence-corrected chi connectivity index (χ0v) is 9.29. The Morgan fingerprint density at radius 1 is 1.57 bits per heavy atom. The quantitative estimate of drug-likeness (QED) is 0.678. The summed E-state index contributed by atoms with van der Waals surface area (Å²) in [4.78, 5) is 11.8. The minimum atomic E-state index is -0.156. The van der Waals surface area contributed by atoms with E-state index in [1.54, 1.807) is 7.11 Å². The Balaban J connectivity index is 2.32. The third-order valence-electron chi connectivity index (χ3n) is 2.79. The van der Waals surface area contributed by atoms with E-state index in [9.17, 15) is 4.79 Å². The second-order valence-corrected chi connectivity index (χ2v) is 4.10. The molecule has 1 rings (SSSR count). The standard InChI is InChI=1S/C11H20O3/c1-8(6-7-13-3)11(12)10-5-4-9(2)14-10/h8-10H,4-7H2,1-3H3. The number of rotatable bonds is 5. The van der Waals surface area contributed by atoms with Crippen LogP contribution < -0.4 is 0 Å². The molecular formula is C11H20O3. The number of Topliss-reactive ketones (excluding diaryl/α,β-unsaturated/α-hetero) is 1. The topological polar surface area (TPSA) is 35.5 Å². The molecule has 14 heavy (non-hydrogen) atoms. The van der Waals surface area contributed by atoms with Crippen molar-refractivity contribution in [3.05, 3.63) is 0 Å². The van der Waals surface area contributed by atoms with E-state index in [1.807, 2.05) is 13.8 Å². The molecule has 0 radical (unpaired) electrons. The molecule has 3 nitrogen and oxygen atoms in total. The molecule has 1 fully saturated rings. The maximum absolute atomic E-state index is 11.8. The second-order valence-electron chi connectivity index (χ2n) is 4.10. The molecule has 3 unspecified atom stereocenters. The van der Waals surface area contributed by atoms with Crippen molar-refractivity contribution in [1.29, 1.82) is 0 Å². The van der Waals surface area contributed by atoms with Gasteiger partial charge >= 0.3 is 0 Å². The number of carbonyl (C=O) groups is 1. The van der Waals surface area contributed by atoms with Crippen molar-refractivity contribution in [1.82, 2.24) is 0 Å². The summed E-state index contributed by atoms with van der Waals surface area (Å²) in [6.45, 7) is 4.62. The first-order chi connectivity index (χ1) is 6.65. The molecule has 0 amide bonds. The van der Waals surface area contributed by atoms with Crippen molar-refractivity contribution in [3.63, 3.8) is 0 Å². The van der Waals surface area contributed by atoms with Gasteiger partial charge < -0.3 is 9.47 Å². The van der Waals surface area contributed by atoms with Crippen molar-refractivity contribution < 1.29 is 14.3 Å². The first kappa shape index (κ1) is 11.7. The van der Waals surface area contributed by atoms with E-state index in [0.717, 1.165) is 19.3 Å². The van der Waals surface area contributed by atoms with Crippen LogP contribution in [0.5, 0.6) is 0 Å². The van der Waals surface area contributed by atoms with Gasteiger partial charge in [-0.1, -0.05) is 6.92 Å². The van der Waals surface area contributed by atoms with Gasteiger partial charge in [-0.2, -0.15) is 0 Å². The lowest BCUT2D eigenvalue weighted by Crippen LogP contribution is -2.27. The van der Waals surface area contributed by atoms with Crippen molar-refractivity contribution in [2.24, 2.45) is 5.92 Å². The second kappa shape index (κ2) is 5.47. The number of methoxy groups -OCH3 is 1. The van der Waals surface area contributed by atoms with E-state index in [2.05, 4.69) is 0 Å². The first-order valence-corrected chi connectivity index (χ1v) is 5.33. The highest BCUT2D eigenvalue weighted by Crippen LogP contribution is 2.23. The van der Waals surface area contributed by atoms with Crippen molar-refractivity contribution >= 4 is 5.78 Å². The zero-order valence-electron chi connectivity index (χ0n) is 9.29. The highest BCUT2D eigenvalue weighted by molar-refractivity contribution is 5.85. The van der Waals surface area contributed by atoms with E-state index in [0.29, 0.717) is 6.61 Å². The fraction of sp³-hybridized carbons (Fsp3) is 0.909. The Morgan fingerprint density at radius 3 is 2.79 bits per heavy atom. The molecule has 3 heteroatoms. The first-order valence-electron chi connectivity index (χ1n) is 5.33. The van der Waals surface area contributed by atoms with E-state index in [-0.39, 0.29) is 23.9 Å². The van der Waals surface area contributed by atoms with Gasteiger partial charge in [0.15, 0.2) is 5.78 Å². The highest BCUT2D eigenvalue weighted by Gasteiger charge is 2.30. The molecule has 0 aromatic rings. The summed E-state index contributed by atoms with van der Waals surface area (Å²) in [5.41, 5.74) is 0. The molecule has 0 N–H and O–H groups in total. The van der Waals surface area contributed by atoms with Crippen LogP contribution in [0.25, 0.3) is 0 Å². The minimum Gasteiger partial charge on any atom is -0.385 e. The highest BCUT2D eigenvalue weighted by atomic mass is 16.5. The van der Waals surface area contributed by atoms with Gasteiger partial charge in [-0.25, -0.2) is 0 Å². The summed E-state index contributed by atoms with van der Waals surface area (Å²) in [5, 5.41) is 0. The van der Waals surface area contributed by atoms with Crippen molar-refractivity contribution in [2.75, 3.05) is 13.7 Å². The maximum atomic E-state index is 11.8. The average Bonchev–Trinajstić information content (AvgIpc) is 2.60. The van der Waals surface area contributed by atoms with E-state index in [1.165, 1.54) is 0 Å². The number of hydrogen-bond acceptors (Lipinski definition) is 3. The van der Waals surface area contributed by atoms with E-state index >= 15 is 0 Å². The van der Waals surface area contributed by atoms with Crippen LogP contribution in [0.1, 0.15) is 33.1 Å². The van der Waals surface area contributed by atoms with Crippen LogP contribution in [0, 0.1) is 5.92 Å². The van der Waals surface area contributed by atoms with Crippen LogP contribution >= 0.6 is 0 Å². The van der Waals surface area contributed by atoms with Crippen LogP contribution in [0.4, 0.5) is 0 Å². The summed E-state index contributed by atoms with van der Waals surface area (Å²) >= 11 is 0. The van der Waals surface area contributed by atoms with Gasteiger partial charge in [0.05, 0.1) is 6.10 Å². The number of ether oxygens (including phenoxy) is 2. The molecule has 0 aromatic heterocycles. The lowest BCUT2D eigenvalue weighted by Gasteiger charge is -2.15. The van der Waals surface area contributed by atoms with Crippen LogP contribution in [-0.2, 0) is 14.3 Å². The van der Waals surface area contributed by atoms with Crippen LogP contribution in [0.15, 0.2) is 0 Å². The molecule has 0 bridgehead atoms. The number of carbonyl (C=O) groups excluding carboxylic acids is 1. The maximum Gasteiger partial charge on any atom is 0.164 e. The summed E-state index contributed by atoms with van der Waals surface area (Å²) in [5.74, 6) is 0.302. The lowest BCUT2D eigenvalue weighted by molar-refractivity contribution is -0.133. The third kappa shape index (κ3) is 3.07. The van der Waals surface area contributed by atoms with Gasteiger partial charge in [-0.3, -0.25) is 4.79 Å². The predicted molar refractivity (Wildman–Crippen MR) is 54.2 cm³/mol. The number of ketones is 1. The summed E-state index contributed by atoms with van der Waals surface area (Å²) in [6.07, 6.45) is 2.78. The summed E-state index contributed by atoms with van der Waals surface area (Å²) in [6, 6.07) is 0. The Hall–Kier alpha value is -0.410. The smallest absolute Gasteiger partial charge is 0.164 e. The molecule has 1 heterocycles.